The summed E-state index contributed by atoms with van der Waals surface area (Å²) in [6.45, 7) is 0.735. The van der Waals surface area contributed by atoms with E-state index < -0.39 is 5.97 Å². The Morgan fingerprint density at radius 3 is 2.93 bits per heavy atom. The van der Waals surface area contributed by atoms with Gasteiger partial charge in [0.25, 0.3) is 0 Å². The number of carbonyl (C=O) groups is 1. The fraction of sp³-hybridized carbons (Fsp3) is 0.250. The van der Waals surface area contributed by atoms with E-state index in [9.17, 15) is 4.79 Å². The summed E-state index contributed by atoms with van der Waals surface area (Å²) in [6, 6.07) is 1.42. The Labute approximate surface area is 85.8 Å². The Morgan fingerprint density at radius 1 is 1.79 bits per heavy atom. The lowest BCUT2D eigenvalue weighted by molar-refractivity contribution is 0.0689. The number of carboxylic acids is 1. The Balaban J connectivity index is 2.73. The minimum atomic E-state index is -1.05. The van der Waals surface area contributed by atoms with Crippen molar-refractivity contribution in [2.45, 2.75) is 6.54 Å². The van der Waals surface area contributed by atoms with Gasteiger partial charge in [-0.2, -0.15) is 5.10 Å². The molecule has 0 saturated heterocycles. The minimum Gasteiger partial charge on any atom is -0.476 e. The molecule has 1 heterocycles. The van der Waals surface area contributed by atoms with Crippen LogP contribution in [-0.4, -0.2) is 27.4 Å². The van der Waals surface area contributed by atoms with Crippen molar-refractivity contribution < 1.29 is 9.90 Å². The fourth-order valence-electron chi connectivity index (χ4n) is 0.915. The average Bonchev–Trinajstić information content (AvgIpc) is 2.62. The zero-order valence-corrected chi connectivity index (χ0v) is 8.11. The van der Waals surface area contributed by atoms with Gasteiger partial charge in [-0.1, -0.05) is 11.6 Å². The Morgan fingerprint density at radius 2 is 2.50 bits per heavy atom. The zero-order valence-electron chi connectivity index (χ0n) is 7.35. The highest BCUT2D eigenvalue weighted by molar-refractivity contribution is 6.25. The van der Waals surface area contributed by atoms with Crippen LogP contribution in [0.25, 0.3) is 0 Å². The van der Waals surface area contributed by atoms with Crippen molar-refractivity contribution in [1.29, 1.82) is 0 Å². The summed E-state index contributed by atoms with van der Waals surface area (Å²) in [5, 5.41) is 12.4. The van der Waals surface area contributed by atoms with E-state index in [4.69, 9.17) is 22.4 Å². The third kappa shape index (κ3) is 2.58. The van der Waals surface area contributed by atoms with E-state index in [0.717, 1.165) is 5.57 Å². The molecule has 0 bridgehead atoms. The number of nitrogens with zero attached hydrogens (tertiary/aromatic N) is 2. The number of nitrogens with two attached hydrogens (primary N) is 1. The van der Waals surface area contributed by atoms with Crippen molar-refractivity contribution >= 4 is 17.6 Å². The summed E-state index contributed by atoms with van der Waals surface area (Å²) in [5.74, 6) is -1.05. The fourth-order valence-corrected chi connectivity index (χ4v) is 1.07. The van der Waals surface area contributed by atoms with Crippen LogP contribution in [0.1, 0.15) is 10.5 Å². The van der Waals surface area contributed by atoms with Gasteiger partial charge in [-0.05, 0) is 11.6 Å². The van der Waals surface area contributed by atoms with E-state index in [1.165, 1.54) is 16.3 Å². The Hall–Kier alpha value is -1.33. The molecule has 0 aliphatic heterocycles. The summed E-state index contributed by atoms with van der Waals surface area (Å²) in [6.07, 6.45) is 1.57. The van der Waals surface area contributed by atoms with Crippen LogP contribution in [0.3, 0.4) is 0 Å². The van der Waals surface area contributed by atoms with Gasteiger partial charge in [0.2, 0.25) is 0 Å². The van der Waals surface area contributed by atoms with Gasteiger partial charge in [-0.15, -0.1) is 0 Å². The van der Waals surface area contributed by atoms with Crippen LogP contribution in [-0.2, 0) is 6.54 Å². The monoisotopic (exact) mass is 215 g/mol. The maximum absolute atomic E-state index is 10.5. The van der Waals surface area contributed by atoms with Crippen molar-refractivity contribution in [3.05, 3.63) is 29.1 Å². The lowest BCUT2D eigenvalue weighted by Crippen LogP contribution is -2.11. The van der Waals surface area contributed by atoms with Crippen LogP contribution in [0.2, 0.25) is 0 Å². The molecule has 0 aliphatic carbocycles. The van der Waals surface area contributed by atoms with E-state index in [-0.39, 0.29) is 5.69 Å². The number of aromatic carboxylic acids is 1. The molecule has 14 heavy (non-hydrogen) atoms. The maximum atomic E-state index is 10.5. The molecular formula is C8H10ClN3O2. The lowest BCUT2D eigenvalue weighted by atomic mass is 10.3. The highest BCUT2D eigenvalue weighted by atomic mass is 35.5. The second kappa shape index (κ2) is 4.78. The van der Waals surface area contributed by atoms with Crippen LogP contribution in [0.15, 0.2) is 23.4 Å². The molecule has 0 fully saturated rings. The van der Waals surface area contributed by atoms with Gasteiger partial charge >= 0.3 is 5.97 Å². The molecule has 76 valence electrons. The first-order valence-corrected chi connectivity index (χ1v) is 4.36. The molecule has 1 rings (SSSR count). The van der Waals surface area contributed by atoms with Crippen molar-refractivity contribution in [2.75, 3.05) is 6.54 Å². The molecule has 0 aliphatic rings. The smallest absolute Gasteiger partial charge is 0.356 e. The number of hydrogen-bond acceptors (Lipinski definition) is 3. The maximum Gasteiger partial charge on any atom is 0.356 e. The van der Waals surface area contributed by atoms with E-state index in [2.05, 4.69) is 5.10 Å². The summed E-state index contributed by atoms with van der Waals surface area (Å²) in [7, 11) is 0. The van der Waals surface area contributed by atoms with Gasteiger partial charge in [0.15, 0.2) is 5.69 Å². The van der Waals surface area contributed by atoms with Crippen LogP contribution >= 0.6 is 11.6 Å². The molecule has 0 aromatic carbocycles. The van der Waals surface area contributed by atoms with Crippen molar-refractivity contribution in [3.63, 3.8) is 0 Å². The first-order valence-electron chi connectivity index (χ1n) is 3.92. The SMILES string of the molecule is NC/C(=C\Cl)Cn1ccc(C(=O)O)n1. The summed E-state index contributed by atoms with van der Waals surface area (Å²) < 4.78 is 1.48. The number of rotatable bonds is 4. The molecule has 0 spiro atoms. The van der Waals surface area contributed by atoms with Crippen LogP contribution < -0.4 is 5.73 Å². The molecule has 0 amide bonds. The summed E-state index contributed by atoms with van der Waals surface area (Å²) >= 11 is 5.49. The van der Waals surface area contributed by atoms with Crippen LogP contribution in [0.5, 0.6) is 0 Å². The summed E-state index contributed by atoms with van der Waals surface area (Å²) in [5.41, 5.74) is 7.56. The molecule has 6 heteroatoms. The van der Waals surface area contributed by atoms with Gasteiger partial charge in [0.1, 0.15) is 0 Å². The predicted octanol–water partition coefficient (Wildman–Crippen LogP) is 0.663. The molecule has 1 aromatic rings. The van der Waals surface area contributed by atoms with Crippen molar-refractivity contribution in [3.8, 4) is 0 Å². The molecular weight excluding hydrogens is 206 g/mol. The highest BCUT2D eigenvalue weighted by Gasteiger charge is 2.06. The first-order chi connectivity index (χ1) is 6.67. The van der Waals surface area contributed by atoms with E-state index in [1.807, 2.05) is 0 Å². The molecule has 5 nitrogen and oxygen atoms in total. The van der Waals surface area contributed by atoms with Gasteiger partial charge in [-0.3, -0.25) is 4.68 Å². The predicted molar refractivity (Wildman–Crippen MR) is 52.2 cm³/mol. The van der Waals surface area contributed by atoms with Crippen LogP contribution in [0, 0.1) is 0 Å². The minimum absolute atomic E-state index is 0.0101. The number of carboxylic acid groups (broad SMARTS) is 1. The van der Waals surface area contributed by atoms with E-state index in [1.54, 1.807) is 6.20 Å². The van der Waals surface area contributed by atoms with E-state index in [0.29, 0.717) is 13.1 Å². The molecule has 0 saturated carbocycles. The molecule has 0 unspecified atom stereocenters. The van der Waals surface area contributed by atoms with Gasteiger partial charge in [0, 0.05) is 18.3 Å². The topological polar surface area (TPSA) is 81.1 Å². The quantitative estimate of drug-likeness (QED) is 0.773. The zero-order chi connectivity index (χ0) is 10.6. The van der Waals surface area contributed by atoms with Gasteiger partial charge < -0.3 is 10.8 Å². The van der Waals surface area contributed by atoms with Crippen molar-refractivity contribution in [2.24, 2.45) is 5.73 Å². The van der Waals surface area contributed by atoms with Crippen molar-refractivity contribution in [1.82, 2.24) is 9.78 Å². The third-order valence-corrected chi connectivity index (χ3v) is 1.95. The average molecular weight is 216 g/mol. The lowest BCUT2D eigenvalue weighted by Gasteiger charge is -2.02. The first kappa shape index (κ1) is 10.7. The molecule has 1 aromatic heterocycles. The van der Waals surface area contributed by atoms with Crippen LogP contribution in [0.4, 0.5) is 0 Å². The Bertz CT molecular complexity index is 359. The number of halogens is 1. The molecule has 3 N–H and O–H groups in total. The van der Waals surface area contributed by atoms with Gasteiger partial charge in [0.05, 0.1) is 6.54 Å². The second-order valence-electron chi connectivity index (χ2n) is 2.68. The number of aromatic nitrogens is 2. The normalized spacial score (nSPS) is 11.7. The summed E-state index contributed by atoms with van der Waals surface area (Å²) in [4.78, 5) is 10.5. The molecule has 0 atom stereocenters. The Kier molecular flexibility index (Phi) is 3.67. The second-order valence-corrected chi connectivity index (χ2v) is 2.89. The largest absolute Gasteiger partial charge is 0.476 e. The van der Waals surface area contributed by atoms with E-state index >= 15 is 0 Å². The standard InChI is InChI=1S/C8H10ClN3O2/c9-3-6(4-10)5-12-2-1-7(11-12)8(13)14/h1-3H,4-5,10H2,(H,13,14)/b6-3+. The number of hydrogen-bond donors (Lipinski definition) is 2. The highest BCUT2D eigenvalue weighted by Crippen LogP contribution is 2.01. The third-order valence-electron chi connectivity index (χ3n) is 1.64. The molecule has 0 radical (unpaired) electrons. The van der Waals surface area contributed by atoms with Gasteiger partial charge in [-0.25, -0.2) is 4.79 Å².